The molecule has 0 N–H and O–H groups in total. The highest BCUT2D eigenvalue weighted by Crippen LogP contribution is 2.24. The summed E-state index contributed by atoms with van der Waals surface area (Å²) in [5.74, 6) is 0.424. The molecule has 1 aromatic heterocycles. The average molecular weight is 406 g/mol. The minimum Gasteiger partial charge on any atom is -0.338 e. The number of tetrazole rings is 1. The van der Waals surface area contributed by atoms with Crippen LogP contribution in [0.2, 0.25) is 0 Å². The molecule has 2 aromatic carbocycles. The lowest BCUT2D eigenvalue weighted by atomic mass is 10.00. The van der Waals surface area contributed by atoms with E-state index in [2.05, 4.69) is 39.8 Å². The van der Waals surface area contributed by atoms with Crippen molar-refractivity contribution in [3.05, 3.63) is 71.3 Å². The van der Waals surface area contributed by atoms with Crippen LogP contribution in [0.15, 0.2) is 59.8 Å². The number of amides is 1. The summed E-state index contributed by atoms with van der Waals surface area (Å²) in [6.45, 7) is 5.48. The molecule has 0 aliphatic carbocycles. The Morgan fingerprint density at radius 1 is 1.10 bits per heavy atom. The molecule has 4 rings (SSSR count). The summed E-state index contributed by atoms with van der Waals surface area (Å²) in [4.78, 5) is 14.6. The van der Waals surface area contributed by atoms with Gasteiger partial charge in [0.15, 0.2) is 0 Å². The lowest BCUT2D eigenvalue weighted by Gasteiger charge is -2.26. The van der Waals surface area contributed by atoms with E-state index in [1.807, 2.05) is 49.1 Å². The quantitative estimate of drug-likeness (QED) is 0.606. The Labute approximate surface area is 174 Å². The summed E-state index contributed by atoms with van der Waals surface area (Å²) < 4.78 is 1.70. The van der Waals surface area contributed by atoms with E-state index < -0.39 is 0 Å². The van der Waals surface area contributed by atoms with Gasteiger partial charge in [-0.25, -0.2) is 0 Å². The Morgan fingerprint density at radius 3 is 2.55 bits per heavy atom. The molecule has 1 amide bonds. The highest BCUT2D eigenvalue weighted by Gasteiger charge is 2.19. The molecular formula is C22H23N5OS. The van der Waals surface area contributed by atoms with Crippen molar-refractivity contribution in [3.63, 3.8) is 0 Å². The van der Waals surface area contributed by atoms with E-state index >= 15 is 0 Å². The summed E-state index contributed by atoms with van der Waals surface area (Å²) in [7, 11) is 0. The SMILES string of the molecule is Cc1cc(C)cc(-n2nnnc2SCC(=O)N2CC=C(c3ccccc3)CC2)c1. The third kappa shape index (κ3) is 4.56. The first-order chi connectivity index (χ1) is 14.1. The number of rotatable bonds is 5. The van der Waals surface area contributed by atoms with Crippen molar-refractivity contribution in [1.29, 1.82) is 0 Å². The van der Waals surface area contributed by atoms with Crippen LogP contribution in [0.4, 0.5) is 0 Å². The Balaban J connectivity index is 1.39. The standard InChI is InChI=1S/C22H23N5OS/c1-16-12-17(2)14-20(13-16)27-22(23-24-25-27)29-15-21(28)26-10-8-19(9-11-26)18-6-4-3-5-7-18/h3-8,12-14H,9-11,15H2,1-2H3. The number of aryl methyl sites for hydroxylation is 2. The largest absolute Gasteiger partial charge is 0.338 e. The van der Waals surface area contributed by atoms with Crippen LogP contribution in [0.5, 0.6) is 0 Å². The van der Waals surface area contributed by atoms with Crippen LogP contribution in [0.25, 0.3) is 11.3 Å². The minimum atomic E-state index is 0.105. The maximum absolute atomic E-state index is 12.7. The van der Waals surface area contributed by atoms with Gasteiger partial charge in [0.25, 0.3) is 0 Å². The summed E-state index contributed by atoms with van der Waals surface area (Å²) in [6, 6.07) is 16.5. The number of hydrogen-bond donors (Lipinski definition) is 0. The number of aromatic nitrogens is 4. The van der Waals surface area contributed by atoms with Crippen molar-refractivity contribution < 1.29 is 4.79 Å². The van der Waals surface area contributed by atoms with Crippen molar-refractivity contribution in [2.24, 2.45) is 0 Å². The third-order valence-electron chi connectivity index (χ3n) is 4.92. The van der Waals surface area contributed by atoms with E-state index in [9.17, 15) is 4.79 Å². The molecule has 1 aliphatic heterocycles. The zero-order chi connectivity index (χ0) is 20.2. The molecule has 2 heterocycles. The van der Waals surface area contributed by atoms with E-state index in [1.54, 1.807) is 4.68 Å². The van der Waals surface area contributed by atoms with Crippen LogP contribution in [0, 0.1) is 13.8 Å². The summed E-state index contributed by atoms with van der Waals surface area (Å²) >= 11 is 1.37. The molecule has 7 heteroatoms. The number of thioether (sulfide) groups is 1. The van der Waals surface area contributed by atoms with E-state index in [4.69, 9.17) is 0 Å². The molecule has 0 radical (unpaired) electrons. The molecule has 0 spiro atoms. The monoisotopic (exact) mass is 405 g/mol. The molecule has 1 aliphatic rings. The van der Waals surface area contributed by atoms with Gasteiger partial charge in [-0.15, -0.1) is 5.10 Å². The summed E-state index contributed by atoms with van der Waals surface area (Å²) in [6.07, 6.45) is 3.03. The predicted molar refractivity (Wildman–Crippen MR) is 115 cm³/mol. The Hall–Kier alpha value is -2.93. The van der Waals surface area contributed by atoms with Crippen LogP contribution in [-0.4, -0.2) is 49.9 Å². The molecule has 29 heavy (non-hydrogen) atoms. The summed E-state index contributed by atoms with van der Waals surface area (Å²) in [5.41, 5.74) is 5.76. The van der Waals surface area contributed by atoms with Gasteiger partial charge in [0.1, 0.15) is 0 Å². The fourth-order valence-corrected chi connectivity index (χ4v) is 4.33. The van der Waals surface area contributed by atoms with Crippen LogP contribution >= 0.6 is 11.8 Å². The summed E-state index contributed by atoms with van der Waals surface area (Å²) in [5, 5.41) is 12.6. The van der Waals surface area contributed by atoms with Crippen LogP contribution in [0.1, 0.15) is 23.1 Å². The van der Waals surface area contributed by atoms with Gasteiger partial charge in [-0.1, -0.05) is 54.2 Å². The van der Waals surface area contributed by atoms with Crippen molar-refractivity contribution in [3.8, 4) is 5.69 Å². The highest BCUT2D eigenvalue weighted by molar-refractivity contribution is 7.99. The normalized spacial score (nSPS) is 14.0. The fraction of sp³-hybridized carbons (Fsp3) is 0.273. The van der Waals surface area contributed by atoms with Gasteiger partial charge in [0.2, 0.25) is 11.1 Å². The Morgan fingerprint density at radius 2 is 1.86 bits per heavy atom. The number of benzene rings is 2. The molecule has 0 fully saturated rings. The van der Waals surface area contributed by atoms with Gasteiger partial charge in [-0.05, 0) is 65.1 Å². The van der Waals surface area contributed by atoms with Gasteiger partial charge in [-0.2, -0.15) is 4.68 Å². The lowest BCUT2D eigenvalue weighted by Crippen LogP contribution is -2.35. The molecule has 0 bridgehead atoms. The van der Waals surface area contributed by atoms with Crippen LogP contribution < -0.4 is 0 Å². The zero-order valence-corrected chi connectivity index (χ0v) is 17.4. The predicted octanol–water partition coefficient (Wildman–Crippen LogP) is 3.69. The first-order valence-corrected chi connectivity index (χ1v) is 10.6. The number of carbonyl (C=O) groups is 1. The van der Waals surface area contributed by atoms with E-state index in [0.29, 0.717) is 17.5 Å². The Kier molecular flexibility index (Phi) is 5.76. The number of carbonyl (C=O) groups excluding carboxylic acids is 1. The maximum atomic E-state index is 12.7. The Bertz CT molecular complexity index is 1020. The zero-order valence-electron chi connectivity index (χ0n) is 16.6. The molecule has 0 unspecified atom stereocenters. The first-order valence-electron chi connectivity index (χ1n) is 9.62. The van der Waals surface area contributed by atoms with Crippen molar-refractivity contribution >= 4 is 23.2 Å². The maximum Gasteiger partial charge on any atom is 0.233 e. The second-order valence-corrected chi connectivity index (χ2v) is 8.14. The van der Waals surface area contributed by atoms with E-state index in [-0.39, 0.29) is 5.91 Å². The molecule has 0 saturated carbocycles. The molecule has 0 saturated heterocycles. The second-order valence-electron chi connectivity index (χ2n) is 7.19. The molecule has 3 aromatic rings. The molecule has 6 nitrogen and oxygen atoms in total. The minimum absolute atomic E-state index is 0.105. The topological polar surface area (TPSA) is 63.9 Å². The molecule has 148 valence electrons. The first kappa shape index (κ1) is 19.4. The van der Waals surface area contributed by atoms with Gasteiger partial charge in [0.05, 0.1) is 11.4 Å². The van der Waals surface area contributed by atoms with E-state index in [1.165, 1.54) is 22.9 Å². The van der Waals surface area contributed by atoms with Gasteiger partial charge in [-0.3, -0.25) is 4.79 Å². The van der Waals surface area contributed by atoms with E-state index in [0.717, 1.165) is 29.8 Å². The smallest absolute Gasteiger partial charge is 0.233 e. The highest BCUT2D eigenvalue weighted by atomic mass is 32.2. The van der Waals surface area contributed by atoms with Crippen LogP contribution in [0.3, 0.4) is 0 Å². The number of nitrogens with zero attached hydrogens (tertiary/aromatic N) is 5. The van der Waals surface area contributed by atoms with Gasteiger partial charge >= 0.3 is 0 Å². The fourth-order valence-electron chi connectivity index (χ4n) is 3.53. The van der Waals surface area contributed by atoms with Crippen molar-refractivity contribution in [2.75, 3.05) is 18.8 Å². The van der Waals surface area contributed by atoms with Crippen molar-refractivity contribution in [1.82, 2.24) is 25.1 Å². The average Bonchev–Trinajstić information content (AvgIpc) is 3.21. The second kappa shape index (κ2) is 8.61. The van der Waals surface area contributed by atoms with Gasteiger partial charge in [0, 0.05) is 13.1 Å². The van der Waals surface area contributed by atoms with Crippen molar-refractivity contribution in [2.45, 2.75) is 25.4 Å². The molecule has 0 atom stereocenters. The third-order valence-corrected chi connectivity index (χ3v) is 5.83. The number of hydrogen-bond acceptors (Lipinski definition) is 5. The molecular weight excluding hydrogens is 382 g/mol. The van der Waals surface area contributed by atoms with Gasteiger partial charge < -0.3 is 4.90 Å². The lowest BCUT2D eigenvalue weighted by molar-refractivity contribution is -0.127. The van der Waals surface area contributed by atoms with Crippen LogP contribution in [-0.2, 0) is 4.79 Å².